The minimum Gasteiger partial charge on any atom is -0.384 e. The molecule has 4 nitrogen and oxygen atoms in total. The molecule has 1 saturated heterocycles. The molecule has 0 spiro atoms. The summed E-state index contributed by atoms with van der Waals surface area (Å²) in [4.78, 5) is 6.50. The molecule has 4 heteroatoms. The second-order valence-corrected chi connectivity index (χ2v) is 5.37. The number of aromatic nitrogens is 1. The molecular formula is C13H19N3O. The Morgan fingerprint density at radius 2 is 2.29 bits per heavy atom. The smallest absolute Gasteiger partial charge is 0.129 e. The van der Waals surface area contributed by atoms with Crippen LogP contribution < -0.4 is 5.73 Å². The van der Waals surface area contributed by atoms with E-state index in [0.717, 1.165) is 24.1 Å². The molecule has 1 aliphatic heterocycles. The lowest BCUT2D eigenvalue weighted by atomic mass is 9.90. The highest BCUT2D eigenvalue weighted by Crippen LogP contribution is 2.40. The molecule has 1 atom stereocenters. The number of β-amino-alcohol motifs (C(OH)–C–C–N with tert-alkyl or cyclic N) is 1. The second kappa shape index (κ2) is 3.68. The summed E-state index contributed by atoms with van der Waals surface area (Å²) in [6.45, 7) is 3.66. The van der Waals surface area contributed by atoms with Gasteiger partial charge < -0.3 is 10.8 Å². The van der Waals surface area contributed by atoms with Crippen LogP contribution in [0, 0.1) is 6.92 Å². The first-order valence-corrected chi connectivity index (χ1v) is 6.28. The third-order valence-corrected chi connectivity index (χ3v) is 3.99. The first kappa shape index (κ1) is 11.0. The molecule has 0 radical (unpaired) electrons. The summed E-state index contributed by atoms with van der Waals surface area (Å²) in [5.74, 6) is 0.477. The van der Waals surface area contributed by atoms with Crippen LogP contribution in [-0.2, 0) is 5.60 Å². The van der Waals surface area contributed by atoms with Gasteiger partial charge >= 0.3 is 0 Å². The van der Waals surface area contributed by atoms with Crippen molar-refractivity contribution in [2.24, 2.45) is 0 Å². The largest absolute Gasteiger partial charge is 0.384 e. The van der Waals surface area contributed by atoms with Crippen LogP contribution in [0.15, 0.2) is 12.3 Å². The van der Waals surface area contributed by atoms with Crippen LogP contribution in [-0.4, -0.2) is 34.1 Å². The molecule has 17 heavy (non-hydrogen) atoms. The third-order valence-electron chi connectivity index (χ3n) is 3.99. The van der Waals surface area contributed by atoms with E-state index in [1.807, 2.05) is 13.0 Å². The fourth-order valence-corrected chi connectivity index (χ4v) is 2.96. The fourth-order valence-electron chi connectivity index (χ4n) is 2.96. The number of rotatable bonds is 2. The molecule has 2 heterocycles. The zero-order valence-corrected chi connectivity index (χ0v) is 10.2. The Balaban J connectivity index is 1.92. The molecule has 1 unspecified atom stereocenters. The number of hydrogen-bond acceptors (Lipinski definition) is 4. The maximum Gasteiger partial charge on any atom is 0.129 e. The van der Waals surface area contributed by atoms with Gasteiger partial charge in [0, 0.05) is 30.9 Å². The van der Waals surface area contributed by atoms with E-state index in [0.29, 0.717) is 18.4 Å². The number of aryl methyl sites for hydroxylation is 1. The number of nitrogen functional groups attached to an aromatic ring is 1. The van der Waals surface area contributed by atoms with E-state index in [4.69, 9.17) is 5.73 Å². The number of nitrogens with two attached hydrogens (primary N) is 1. The van der Waals surface area contributed by atoms with Crippen LogP contribution >= 0.6 is 0 Å². The van der Waals surface area contributed by atoms with Gasteiger partial charge in [0.15, 0.2) is 0 Å². The van der Waals surface area contributed by atoms with Crippen LogP contribution in [0.3, 0.4) is 0 Å². The molecule has 2 aliphatic rings. The maximum absolute atomic E-state index is 10.8. The molecule has 0 amide bonds. The van der Waals surface area contributed by atoms with Crippen molar-refractivity contribution in [3.63, 3.8) is 0 Å². The van der Waals surface area contributed by atoms with Gasteiger partial charge in [0.25, 0.3) is 0 Å². The number of nitrogens with zero attached hydrogens (tertiary/aromatic N) is 2. The molecule has 2 fully saturated rings. The molecule has 1 aliphatic carbocycles. The highest BCUT2D eigenvalue weighted by atomic mass is 16.3. The van der Waals surface area contributed by atoms with E-state index < -0.39 is 5.60 Å². The molecule has 0 aromatic carbocycles. The number of pyridine rings is 1. The summed E-state index contributed by atoms with van der Waals surface area (Å²) in [5, 5.41) is 10.8. The average Bonchev–Trinajstić information content (AvgIpc) is 3.03. The van der Waals surface area contributed by atoms with Crippen LogP contribution in [0.2, 0.25) is 0 Å². The Labute approximate surface area is 101 Å². The number of hydrogen-bond donors (Lipinski definition) is 2. The summed E-state index contributed by atoms with van der Waals surface area (Å²) in [6.07, 6.45) is 5.01. The highest BCUT2D eigenvalue weighted by molar-refractivity contribution is 5.48. The fraction of sp³-hybridized carbons (Fsp3) is 0.615. The average molecular weight is 233 g/mol. The van der Waals surface area contributed by atoms with E-state index in [2.05, 4.69) is 9.88 Å². The zero-order chi connectivity index (χ0) is 12.0. The van der Waals surface area contributed by atoms with E-state index in [1.165, 1.54) is 12.8 Å². The van der Waals surface area contributed by atoms with Gasteiger partial charge in [0.05, 0.1) is 0 Å². The minimum atomic E-state index is -0.801. The monoisotopic (exact) mass is 233 g/mol. The van der Waals surface area contributed by atoms with Crippen molar-refractivity contribution in [1.82, 2.24) is 9.88 Å². The maximum atomic E-state index is 10.8. The van der Waals surface area contributed by atoms with Crippen molar-refractivity contribution >= 4 is 5.82 Å². The summed E-state index contributed by atoms with van der Waals surface area (Å²) in [5.41, 5.74) is 7.01. The van der Waals surface area contributed by atoms with E-state index in [1.54, 1.807) is 6.20 Å². The molecule has 92 valence electrons. The van der Waals surface area contributed by atoms with Gasteiger partial charge in [0.1, 0.15) is 11.4 Å². The lowest BCUT2D eigenvalue weighted by Crippen LogP contribution is -2.33. The van der Waals surface area contributed by atoms with Crippen LogP contribution in [0.4, 0.5) is 5.82 Å². The Hall–Kier alpha value is -1.13. The molecule has 3 rings (SSSR count). The number of anilines is 1. The summed E-state index contributed by atoms with van der Waals surface area (Å²) < 4.78 is 0. The Morgan fingerprint density at radius 3 is 2.94 bits per heavy atom. The standard InChI is InChI=1S/C13H19N3O/c1-9-4-6-15-12(14)11(9)13(17)5-7-16(8-13)10-2-3-10/h4,6,10,17H,2-3,5,7-8H2,1H3,(H2,14,15). The predicted molar refractivity (Wildman–Crippen MR) is 66.5 cm³/mol. The van der Waals surface area contributed by atoms with Crippen LogP contribution in [0.5, 0.6) is 0 Å². The highest BCUT2D eigenvalue weighted by Gasteiger charge is 2.44. The Bertz CT molecular complexity index is 424. The van der Waals surface area contributed by atoms with Gasteiger partial charge in [-0.3, -0.25) is 4.90 Å². The topological polar surface area (TPSA) is 62.4 Å². The number of aliphatic hydroxyl groups is 1. The Kier molecular flexibility index (Phi) is 2.38. The molecule has 3 N–H and O–H groups in total. The summed E-state index contributed by atoms with van der Waals surface area (Å²) in [7, 11) is 0. The van der Waals surface area contributed by atoms with E-state index in [-0.39, 0.29) is 0 Å². The molecule has 0 bridgehead atoms. The lowest BCUT2D eigenvalue weighted by molar-refractivity contribution is 0.0451. The van der Waals surface area contributed by atoms with Gasteiger partial charge in [-0.2, -0.15) is 0 Å². The molecule has 1 aromatic rings. The van der Waals surface area contributed by atoms with E-state index >= 15 is 0 Å². The zero-order valence-electron chi connectivity index (χ0n) is 10.2. The van der Waals surface area contributed by atoms with Gasteiger partial charge in [-0.25, -0.2) is 4.98 Å². The molecule has 1 aromatic heterocycles. The quantitative estimate of drug-likeness (QED) is 0.801. The molecular weight excluding hydrogens is 214 g/mol. The molecule has 1 saturated carbocycles. The lowest BCUT2D eigenvalue weighted by Gasteiger charge is -2.26. The van der Waals surface area contributed by atoms with Crippen molar-refractivity contribution in [3.05, 3.63) is 23.4 Å². The van der Waals surface area contributed by atoms with Crippen molar-refractivity contribution in [2.75, 3.05) is 18.8 Å². The van der Waals surface area contributed by atoms with Crippen molar-refractivity contribution < 1.29 is 5.11 Å². The third kappa shape index (κ3) is 1.81. The normalized spacial score (nSPS) is 29.8. The van der Waals surface area contributed by atoms with Gasteiger partial charge in [-0.15, -0.1) is 0 Å². The summed E-state index contributed by atoms with van der Waals surface area (Å²) >= 11 is 0. The van der Waals surface area contributed by atoms with Crippen molar-refractivity contribution in [2.45, 2.75) is 37.8 Å². The number of likely N-dealkylation sites (tertiary alicyclic amines) is 1. The SMILES string of the molecule is Cc1ccnc(N)c1C1(O)CCN(C2CC2)C1. The summed E-state index contributed by atoms with van der Waals surface area (Å²) in [6, 6.07) is 2.62. The van der Waals surface area contributed by atoms with Crippen LogP contribution in [0.1, 0.15) is 30.4 Å². The first-order chi connectivity index (χ1) is 8.10. The predicted octanol–water partition coefficient (Wildman–Crippen LogP) is 1.03. The second-order valence-electron chi connectivity index (χ2n) is 5.37. The van der Waals surface area contributed by atoms with Gasteiger partial charge in [0.2, 0.25) is 0 Å². The Morgan fingerprint density at radius 1 is 1.53 bits per heavy atom. The van der Waals surface area contributed by atoms with Crippen molar-refractivity contribution in [1.29, 1.82) is 0 Å². The first-order valence-electron chi connectivity index (χ1n) is 6.28. The van der Waals surface area contributed by atoms with Crippen molar-refractivity contribution in [3.8, 4) is 0 Å². The minimum absolute atomic E-state index is 0.477. The van der Waals surface area contributed by atoms with Gasteiger partial charge in [-0.1, -0.05) is 0 Å². The van der Waals surface area contributed by atoms with Crippen LogP contribution in [0.25, 0.3) is 0 Å². The van der Waals surface area contributed by atoms with E-state index in [9.17, 15) is 5.11 Å². The van der Waals surface area contributed by atoms with Gasteiger partial charge in [-0.05, 0) is 37.8 Å².